The Kier molecular flexibility index (Phi) is 8.83. The average molecular weight is 721 g/mol. The van der Waals surface area contributed by atoms with Crippen LogP contribution in [0, 0.1) is 32.1 Å². The molecule has 0 aromatic heterocycles. The lowest BCUT2D eigenvalue weighted by Crippen LogP contribution is -2.69. The van der Waals surface area contributed by atoms with Crippen molar-refractivity contribution in [3.63, 3.8) is 0 Å². The Bertz CT molecular complexity index is 1870. The average Bonchev–Trinajstić information content (AvgIpc) is 3.53. The third kappa shape index (κ3) is 5.64. The molecule has 5 aliphatic rings. The van der Waals surface area contributed by atoms with Gasteiger partial charge < -0.3 is 33.7 Å². The van der Waals surface area contributed by atoms with Gasteiger partial charge in [-0.15, -0.1) is 11.8 Å². The molecule has 0 aliphatic carbocycles. The normalized spacial score (nSPS) is 28.0. The molecule has 7 rings (SSSR count). The first-order chi connectivity index (χ1) is 24.2. The van der Waals surface area contributed by atoms with Crippen molar-refractivity contribution in [3.8, 4) is 29.1 Å². The van der Waals surface area contributed by atoms with E-state index in [4.69, 9.17) is 28.4 Å². The van der Waals surface area contributed by atoms with E-state index in [1.54, 1.807) is 27.9 Å². The summed E-state index contributed by atoms with van der Waals surface area (Å²) in [7, 11) is 3.74. The number of nitrogens with one attached hydrogen (secondary N) is 1. The van der Waals surface area contributed by atoms with Crippen molar-refractivity contribution < 1.29 is 42.8 Å². The summed E-state index contributed by atoms with van der Waals surface area (Å²) >= 11 is 1.44. The largest absolute Gasteiger partial charge is 0.496 e. The Morgan fingerprint density at radius 1 is 1.06 bits per heavy atom. The van der Waals surface area contributed by atoms with Crippen molar-refractivity contribution in [1.82, 2.24) is 15.1 Å². The SMILES string of the molecule is COc1c(C)cc2c(c1C)[C@@H]1C3[C@@H]4SCC(NC(=O)OC(C)(C)C)C(=O)OC[C@@H](c5c6c(c(C)c(OC(C)=O)c54)OCO6)N3[C@@H](C#N)[C@H](C2)N1C. The smallest absolute Gasteiger partial charge is 0.408 e. The maximum atomic E-state index is 13.8. The summed E-state index contributed by atoms with van der Waals surface area (Å²) in [6.07, 6.45) is -0.100. The molecule has 51 heavy (non-hydrogen) atoms. The number of amides is 1. The molecular weight excluding hydrogens is 676 g/mol. The summed E-state index contributed by atoms with van der Waals surface area (Å²) in [6.45, 7) is 12.4. The lowest BCUT2D eigenvalue weighted by molar-refractivity contribution is -0.151. The maximum Gasteiger partial charge on any atom is 0.408 e. The van der Waals surface area contributed by atoms with Gasteiger partial charge in [-0.05, 0) is 77.3 Å². The summed E-state index contributed by atoms with van der Waals surface area (Å²) in [5.74, 6) is 1.09. The monoisotopic (exact) mass is 720 g/mol. The van der Waals surface area contributed by atoms with Gasteiger partial charge in [0.2, 0.25) is 6.79 Å². The molecule has 2 aromatic carbocycles. The van der Waals surface area contributed by atoms with Crippen LogP contribution in [0.4, 0.5) is 4.79 Å². The van der Waals surface area contributed by atoms with Crippen LogP contribution in [0.15, 0.2) is 6.07 Å². The van der Waals surface area contributed by atoms with Crippen molar-refractivity contribution >= 4 is 29.8 Å². The summed E-state index contributed by atoms with van der Waals surface area (Å²) < 4.78 is 35.7. The number of hydrogen-bond donors (Lipinski definition) is 1. The van der Waals surface area contributed by atoms with E-state index in [1.807, 2.05) is 13.8 Å². The number of esters is 2. The highest BCUT2D eigenvalue weighted by molar-refractivity contribution is 7.99. The fourth-order valence-corrected chi connectivity index (χ4v) is 10.4. The van der Waals surface area contributed by atoms with Gasteiger partial charge >= 0.3 is 18.0 Å². The first kappa shape index (κ1) is 35.2. The van der Waals surface area contributed by atoms with Gasteiger partial charge in [-0.2, -0.15) is 5.26 Å². The zero-order valence-corrected chi connectivity index (χ0v) is 31.2. The number of ether oxygens (including phenoxy) is 6. The van der Waals surface area contributed by atoms with Gasteiger partial charge in [-0.1, -0.05) is 6.07 Å². The Morgan fingerprint density at radius 3 is 2.45 bits per heavy atom. The minimum absolute atomic E-state index is 0.0385. The number of carbonyl (C=O) groups excluding carboxylic acids is 3. The topological polar surface area (TPSA) is 149 Å². The molecule has 0 radical (unpaired) electrons. The lowest BCUT2D eigenvalue weighted by Gasteiger charge is -2.62. The number of likely N-dealkylation sites (N-methyl/N-ethyl adjacent to an activating group) is 1. The summed E-state index contributed by atoms with van der Waals surface area (Å²) in [5, 5.41) is 13.3. The van der Waals surface area contributed by atoms with Gasteiger partial charge in [0, 0.05) is 41.5 Å². The van der Waals surface area contributed by atoms with Crippen LogP contribution in [0.1, 0.15) is 84.0 Å². The van der Waals surface area contributed by atoms with E-state index >= 15 is 0 Å². The molecule has 272 valence electrons. The van der Waals surface area contributed by atoms with Crippen LogP contribution in [-0.4, -0.2) is 90.9 Å². The van der Waals surface area contributed by atoms with Crippen LogP contribution in [0.2, 0.25) is 0 Å². The lowest BCUT2D eigenvalue weighted by atomic mass is 9.70. The number of hydrogen-bond acceptors (Lipinski definition) is 13. The first-order valence-electron chi connectivity index (χ1n) is 17.1. The number of benzene rings is 2. The standard InChI is InChI=1S/C37H44N4O9S/c1-16-10-20-11-22-23(12-38)41-24-13-46-35(43)21(39-36(44)50-37(5,6)7)14-51-34(29(41)28(40(22)8)25(20)17(2)30(16)45-9)27-26(24)33-32(47-15-48-33)18(3)31(27)49-19(4)42/h10,21-24,28-29,34H,11,13-15H2,1-9H3,(H,39,44)/t21?,22-,23-,24-,28+,29?,34+/m0/s1. The zero-order valence-electron chi connectivity index (χ0n) is 30.4. The van der Waals surface area contributed by atoms with E-state index in [2.05, 4.69) is 41.2 Å². The second-order valence-electron chi connectivity index (χ2n) is 14.9. The molecule has 2 unspecified atom stereocenters. The fourth-order valence-electron chi connectivity index (χ4n) is 8.85. The minimum Gasteiger partial charge on any atom is -0.496 e. The molecule has 2 aromatic rings. The van der Waals surface area contributed by atoms with Crippen molar-refractivity contribution in [1.29, 1.82) is 5.26 Å². The summed E-state index contributed by atoms with van der Waals surface area (Å²) in [5.41, 5.74) is 5.56. The minimum atomic E-state index is -1.04. The molecule has 13 nitrogen and oxygen atoms in total. The molecule has 0 saturated carbocycles. The molecule has 5 aliphatic heterocycles. The first-order valence-corrected chi connectivity index (χ1v) is 18.2. The van der Waals surface area contributed by atoms with Gasteiger partial charge in [0.25, 0.3) is 0 Å². The van der Waals surface area contributed by atoms with Crippen LogP contribution in [0.5, 0.6) is 23.0 Å². The molecule has 2 saturated heterocycles. The van der Waals surface area contributed by atoms with Crippen LogP contribution >= 0.6 is 11.8 Å². The number of nitrogens with zero attached hydrogens (tertiary/aromatic N) is 3. The van der Waals surface area contributed by atoms with Crippen LogP contribution in [-0.2, 0) is 25.5 Å². The Hall–Kier alpha value is -4.19. The number of methoxy groups -OCH3 is 1. The van der Waals surface area contributed by atoms with E-state index in [0.29, 0.717) is 34.8 Å². The number of cyclic esters (lactones) is 1. The van der Waals surface area contributed by atoms with Gasteiger partial charge in [-0.3, -0.25) is 14.6 Å². The van der Waals surface area contributed by atoms with Gasteiger partial charge in [0.05, 0.1) is 30.5 Å². The van der Waals surface area contributed by atoms with Crippen molar-refractivity contribution in [2.75, 3.05) is 33.3 Å². The van der Waals surface area contributed by atoms with E-state index in [9.17, 15) is 19.6 Å². The fraction of sp³-hybridized carbons (Fsp3) is 0.568. The molecule has 4 bridgehead atoms. The van der Waals surface area contributed by atoms with E-state index < -0.39 is 53.1 Å². The molecule has 2 fully saturated rings. The van der Waals surface area contributed by atoms with Crippen LogP contribution in [0.3, 0.4) is 0 Å². The molecular formula is C37H44N4O9S. The third-order valence-corrected chi connectivity index (χ3v) is 12.0. The highest BCUT2D eigenvalue weighted by Crippen LogP contribution is 2.63. The van der Waals surface area contributed by atoms with Crippen LogP contribution in [0.25, 0.3) is 0 Å². The van der Waals surface area contributed by atoms with Gasteiger partial charge in [0.15, 0.2) is 11.5 Å². The molecule has 5 heterocycles. The van der Waals surface area contributed by atoms with Crippen LogP contribution < -0.4 is 24.3 Å². The molecule has 7 atom stereocenters. The molecule has 1 amide bonds. The second-order valence-corrected chi connectivity index (χ2v) is 16.0. The molecule has 14 heteroatoms. The predicted molar refractivity (Wildman–Crippen MR) is 186 cm³/mol. The van der Waals surface area contributed by atoms with Crippen molar-refractivity contribution in [2.24, 2.45) is 0 Å². The number of fused-ring (bicyclic) bond motifs is 9. The Morgan fingerprint density at radius 2 is 1.78 bits per heavy atom. The van der Waals surface area contributed by atoms with Gasteiger partial charge in [-0.25, -0.2) is 9.59 Å². The summed E-state index contributed by atoms with van der Waals surface area (Å²) in [6, 6.07) is 1.66. The number of nitriles is 1. The number of alkyl carbamates (subject to hydrolysis) is 1. The number of thioether (sulfide) groups is 1. The highest BCUT2D eigenvalue weighted by Gasteiger charge is 2.60. The van der Waals surface area contributed by atoms with Crippen molar-refractivity contribution in [3.05, 3.63) is 45.0 Å². The van der Waals surface area contributed by atoms with Gasteiger partial charge in [0.1, 0.15) is 35.8 Å². The Labute approximate surface area is 301 Å². The maximum absolute atomic E-state index is 13.8. The number of carbonyl (C=O) groups is 3. The Balaban J connectivity index is 1.48. The number of rotatable bonds is 3. The molecule has 1 N–H and O–H groups in total. The third-order valence-electron chi connectivity index (χ3n) is 10.6. The zero-order chi connectivity index (χ0) is 36.7. The quantitative estimate of drug-likeness (QED) is 0.345. The number of piperazine rings is 1. The van der Waals surface area contributed by atoms with E-state index in [0.717, 1.165) is 33.6 Å². The predicted octanol–water partition coefficient (Wildman–Crippen LogP) is 4.73. The van der Waals surface area contributed by atoms with E-state index in [-0.39, 0.29) is 31.2 Å². The highest BCUT2D eigenvalue weighted by atomic mass is 32.2. The summed E-state index contributed by atoms with van der Waals surface area (Å²) in [4.78, 5) is 44.0. The second kappa shape index (κ2) is 12.8. The van der Waals surface area contributed by atoms with E-state index in [1.165, 1.54) is 18.7 Å². The van der Waals surface area contributed by atoms with Crippen molar-refractivity contribution in [2.45, 2.75) is 102 Å². The molecule has 0 spiro atoms. The number of aryl methyl sites for hydroxylation is 1.